The molecular weight excluding hydrogens is 220 g/mol. The molecule has 1 rings (SSSR count). The minimum atomic E-state index is -0.501. The van der Waals surface area contributed by atoms with E-state index in [0.717, 1.165) is 13.1 Å². The molecule has 0 aromatic rings. The van der Waals surface area contributed by atoms with Gasteiger partial charge in [0, 0.05) is 13.1 Å². The van der Waals surface area contributed by atoms with E-state index < -0.39 is 5.54 Å². The molecule has 1 amide bonds. The molecule has 0 unspecified atom stereocenters. The highest BCUT2D eigenvalue weighted by Crippen LogP contribution is 2.16. The second kappa shape index (κ2) is 5.80. The van der Waals surface area contributed by atoms with Crippen molar-refractivity contribution in [3.8, 4) is 0 Å². The monoisotopic (exact) mass is 244 g/mol. The van der Waals surface area contributed by atoms with E-state index in [2.05, 4.69) is 10.6 Å². The molecule has 5 nitrogen and oxygen atoms in total. The zero-order chi connectivity index (χ0) is 12.9. The lowest BCUT2D eigenvalue weighted by molar-refractivity contribution is -0.138. The number of hydrogen-bond acceptors (Lipinski definition) is 4. The fourth-order valence-corrected chi connectivity index (χ4v) is 1.84. The number of amides is 1. The van der Waals surface area contributed by atoms with Crippen LogP contribution in [0.15, 0.2) is 0 Å². The summed E-state index contributed by atoms with van der Waals surface area (Å²) in [5, 5.41) is 15.3. The Morgan fingerprint density at radius 2 is 2.06 bits per heavy atom. The first-order valence-electron chi connectivity index (χ1n) is 6.26. The Morgan fingerprint density at radius 3 is 2.41 bits per heavy atom. The van der Waals surface area contributed by atoms with Gasteiger partial charge in [0.25, 0.3) is 0 Å². The van der Waals surface area contributed by atoms with Crippen molar-refractivity contribution in [2.75, 3.05) is 26.3 Å². The minimum absolute atomic E-state index is 0.0371. The van der Waals surface area contributed by atoms with Gasteiger partial charge in [-0.2, -0.15) is 0 Å². The molecule has 5 heteroatoms. The van der Waals surface area contributed by atoms with E-state index >= 15 is 0 Å². The van der Waals surface area contributed by atoms with Gasteiger partial charge in [-0.3, -0.25) is 4.79 Å². The largest absolute Gasteiger partial charge is 0.394 e. The summed E-state index contributed by atoms with van der Waals surface area (Å²) in [6, 6.07) is 0. The first-order chi connectivity index (χ1) is 7.99. The lowest BCUT2D eigenvalue weighted by Gasteiger charge is -2.39. The van der Waals surface area contributed by atoms with Gasteiger partial charge in [-0.1, -0.05) is 13.8 Å². The van der Waals surface area contributed by atoms with Crippen LogP contribution in [0.25, 0.3) is 0 Å². The average molecular weight is 244 g/mol. The summed E-state index contributed by atoms with van der Waals surface area (Å²) < 4.78 is 5.55. The predicted octanol–water partition coefficient (Wildman–Crippen LogP) is 0.0322. The summed E-state index contributed by atoms with van der Waals surface area (Å²) >= 11 is 0. The molecule has 1 aliphatic rings. The standard InChI is InChI=1S/C12H24N2O3/c1-4-12(5-2,9-15)14-10(16)6-17-11(3)7-13-8-11/h13,15H,4-9H2,1-3H3,(H,14,16). The smallest absolute Gasteiger partial charge is 0.246 e. The Balaban J connectivity index is 2.37. The van der Waals surface area contributed by atoms with Crippen LogP contribution in [0.2, 0.25) is 0 Å². The Kier molecular flexibility index (Phi) is 4.91. The highest BCUT2D eigenvalue weighted by atomic mass is 16.5. The van der Waals surface area contributed by atoms with E-state index in [1.54, 1.807) is 0 Å². The Hall–Kier alpha value is -0.650. The van der Waals surface area contributed by atoms with Gasteiger partial charge in [0.15, 0.2) is 0 Å². The van der Waals surface area contributed by atoms with Gasteiger partial charge in [-0.25, -0.2) is 0 Å². The molecule has 0 saturated carbocycles. The molecule has 1 heterocycles. The van der Waals surface area contributed by atoms with Crippen LogP contribution >= 0.6 is 0 Å². The van der Waals surface area contributed by atoms with Gasteiger partial charge >= 0.3 is 0 Å². The van der Waals surface area contributed by atoms with Crippen molar-refractivity contribution >= 4 is 5.91 Å². The maximum absolute atomic E-state index is 11.8. The van der Waals surface area contributed by atoms with Gasteiger partial charge in [-0.05, 0) is 19.8 Å². The van der Waals surface area contributed by atoms with Crippen LogP contribution in [0.1, 0.15) is 33.6 Å². The number of aliphatic hydroxyl groups excluding tert-OH is 1. The maximum atomic E-state index is 11.8. The number of aliphatic hydroxyl groups is 1. The molecule has 0 aliphatic carbocycles. The highest BCUT2D eigenvalue weighted by Gasteiger charge is 2.34. The summed E-state index contributed by atoms with van der Waals surface area (Å²) in [6.45, 7) is 7.48. The van der Waals surface area contributed by atoms with Crippen molar-refractivity contribution in [3.63, 3.8) is 0 Å². The van der Waals surface area contributed by atoms with Gasteiger partial charge < -0.3 is 20.5 Å². The molecular formula is C12H24N2O3. The highest BCUT2D eigenvalue weighted by molar-refractivity contribution is 5.78. The van der Waals surface area contributed by atoms with E-state index in [1.165, 1.54) is 0 Å². The molecule has 0 aromatic heterocycles. The topological polar surface area (TPSA) is 70.6 Å². The molecule has 1 aliphatic heterocycles. The first-order valence-corrected chi connectivity index (χ1v) is 6.26. The van der Waals surface area contributed by atoms with E-state index in [1.807, 2.05) is 20.8 Å². The van der Waals surface area contributed by atoms with E-state index in [4.69, 9.17) is 4.74 Å². The normalized spacial score (nSPS) is 18.6. The molecule has 17 heavy (non-hydrogen) atoms. The molecule has 0 spiro atoms. The second-order valence-electron chi connectivity index (χ2n) is 5.04. The lowest BCUT2D eigenvalue weighted by Crippen LogP contribution is -2.60. The van der Waals surface area contributed by atoms with Crippen LogP contribution in [0, 0.1) is 0 Å². The third kappa shape index (κ3) is 3.66. The molecule has 3 N–H and O–H groups in total. The third-order valence-corrected chi connectivity index (χ3v) is 3.61. The Bertz CT molecular complexity index is 252. The zero-order valence-corrected chi connectivity index (χ0v) is 11.0. The second-order valence-corrected chi connectivity index (χ2v) is 5.04. The van der Waals surface area contributed by atoms with Crippen molar-refractivity contribution < 1.29 is 14.6 Å². The van der Waals surface area contributed by atoms with E-state index in [-0.39, 0.29) is 24.7 Å². The lowest BCUT2D eigenvalue weighted by atomic mass is 9.94. The number of carbonyl (C=O) groups excluding carboxylic acids is 1. The molecule has 0 aromatic carbocycles. The SMILES string of the molecule is CCC(CC)(CO)NC(=O)COC1(C)CNC1. The van der Waals surface area contributed by atoms with Crippen molar-refractivity contribution in [3.05, 3.63) is 0 Å². The number of carbonyl (C=O) groups is 1. The maximum Gasteiger partial charge on any atom is 0.246 e. The minimum Gasteiger partial charge on any atom is -0.394 e. The van der Waals surface area contributed by atoms with Crippen LogP contribution in [0.5, 0.6) is 0 Å². The number of rotatable bonds is 7. The summed E-state index contributed by atoms with van der Waals surface area (Å²) in [6.07, 6.45) is 1.43. The van der Waals surface area contributed by atoms with Gasteiger partial charge in [0.1, 0.15) is 6.61 Å². The molecule has 0 atom stereocenters. The van der Waals surface area contributed by atoms with Crippen molar-refractivity contribution in [1.82, 2.24) is 10.6 Å². The van der Waals surface area contributed by atoms with Crippen LogP contribution in [-0.2, 0) is 9.53 Å². The van der Waals surface area contributed by atoms with Crippen molar-refractivity contribution in [2.45, 2.75) is 44.8 Å². The van der Waals surface area contributed by atoms with Crippen molar-refractivity contribution in [1.29, 1.82) is 0 Å². The summed E-state index contributed by atoms with van der Waals surface area (Å²) in [5.74, 6) is -0.157. The summed E-state index contributed by atoms with van der Waals surface area (Å²) in [5.41, 5.74) is -0.711. The van der Waals surface area contributed by atoms with Crippen LogP contribution in [0.3, 0.4) is 0 Å². The number of ether oxygens (including phenoxy) is 1. The number of nitrogens with one attached hydrogen (secondary N) is 2. The summed E-state index contributed by atoms with van der Waals surface area (Å²) in [4.78, 5) is 11.8. The first kappa shape index (κ1) is 14.4. The molecule has 0 radical (unpaired) electrons. The van der Waals surface area contributed by atoms with Crippen LogP contribution in [-0.4, -0.2) is 48.5 Å². The fourth-order valence-electron chi connectivity index (χ4n) is 1.84. The zero-order valence-electron chi connectivity index (χ0n) is 11.0. The van der Waals surface area contributed by atoms with Gasteiger partial charge in [-0.15, -0.1) is 0 Å². The quantitative estimate of drug-likeness (QED) is 0.591. The average Bonchev–Trinajstić information content (AvgIpc) is 2.31. The van der Waals surface area contributed by atoms with E-state index in [0.29, 0.717) is 12.8 Å². The molecule has 1 saturated heterocycles. The number of hydrogen-bond donors (Lipinski definition) is 3. The third-order valence-electron chi connectivity index (χ3n) is 3.61. The molecule has 100 valence electrons. The van der Waals surface area contributed by atoms with Crippen molar-refractivity contribution in [2.24, 2.45) is 0 Å². The van der Waals surface area contributed by atoms with Gasteiger partial charge in [0.05, 0.1) is 17.7 Å². The van der Waals surface area contributed by atoms with Gasteiger partial charge in [0.2, 0.25) is 5.91 Å². The molecule has 1 fully saturated rings. The Labute approximate surface area is 103 Å². The van der Waals surface area contributed by atoms with Crippen LogP contribution in [0.4, 0.5) is 0 Å². The van der Waals surface area contributed by atoms with E-state index in [9.17, 15) is 9.90 Å². The molecule has 0 bridgehead atoms. The fraction of sp³-hybridized carbons (Fsp3) is 0.917. The predicted molar refractivity (Wildman–Crippen MR) is 65.8 cm³/mol. The Morgan fingerprint density at radius 1 is 1.47 bits per heavy atom. The summed E-state index contributed by atoms with van der Waals surface area (Å²) in [7, 11) is 0. The van der Waals surface area contributed by atoms with Crippen LogP contribution < -0.4 is 10.6 Å².